The second-order valence-corrected chi connectivity index (χ2v) is 6.65. The van der Waals surface area contributed by atoms with Gasteiger partial charge >= 0.3 is 5.97 Å². The van der Waals surface area contributed by atoms with Crippen molar-refractivity contribution >= 4 is 11.9 Å². The van der Waals surface area contributed by atoms with Gasteiger partial charge in [0.1, 0.15) is 0 Å². The number of carbonyl (C=O) groups excluding carboxylic acids is 1. The molecule has 23 heavy (non-hydrogen) atoms. The molecule has 126 valence electrons. The molecule has 2 saturated carbocycles. The Bertz CT molecular complexity index is 576. The van der Waals surface area contributed by atoms with Crippen LogP contribution in [-0.4, -0.2) is 56.8 Å². The third kappa shape index (κ3) is 4.10. The van der Waals surface area contributed by atoms with Crippen LogP contribution in [0.4, 0.5) is 0 Å². The van der Waals surface area contributed by atoms with Gasteiger partial charge in [0.25, 0.3) is 5.91 Å². The second-order valence-electron chi connectivity index (χ2n) is 6.65. The van der Waals surface area contributed by atoms with Crippen LogP contribution in [0, 0.1) is 5.92 Å². The Morgan fingerprint density at radius 3 is 2.74 bits per heavy atom. The predicted octanol–water partition coefficient (Wildman–Crippen LogP) is 0.960. The van der Waals surface area contributed by atoms with Crippen LogP contribution in [0.15, 0.2) is 12.4 Å². The van der Waals surface area contributed by atoms with Gasteiger partial charge in [-0.15, -0.1) is 0 Å². The number of nitrogens with zero attached hydrogens (tertiary/aromatic N) is 3. The summed E-state index contributed by atoms with van der Waals surface area (Å²) in [5.74, 6) is -0.201. The van der Waals surface area contributed by atoms with Gasteiger partial charge in [0, 0.05) is 31.4 Å². The Labute approximate surface area is 135 Å². The minimum atomic E-state index is -0.773. The van der Waals surface area contributed by atoms with Crippen LogP contribution in [0.5, 0.6) is 0 Å². The Kier molecular flexibility index (Phi) is 4.66. The molecule has 0 bridgehead atoms. The molecule has 2 aliphatic rings. The average molecular weight is 320 g/mol. The Morgan fingerprint density at radius 2 is 2.17 bits per heavy atom. The highest BCUT2D eigenvalue weighted by atomic mass is 16.4. The van der Waals surface area contributed by atoms with Crippen molar-refractivity contribution in [1.82, 2.24) is 20.0 Å². The van der Waals surface area contributed by atoms with Crippen molar-refractivity contribution in [3.63, 3.8) is 0 Å². The quantitative estimate of drug-likeness (QED) is 0.745. The van der Waals surface area contributed by atoms with Gasteiger partial charge in [0.05, 0.1) is 18.3 Å². The van der Waals surface area contributed by atoms with E-state index in [1.54, 1.807) is 17.1 Å². The molecular weight excluding hydrogens is 296 g/mol. The van der Waals surface area contributed by atoms with Gasteiger partial charge in [-0.3, -0.25) is 19.2 Å². The predicted molar refractivity (Wildman–Crippen MR) is 84.1 cm³/mol. The number of rotatable bonds is 8. The fourth-order valence-electron chi connectivity index (χ4n) is 3.07. The molecule has 0 atom stereocenters. The monoisotopic (exact) mass is 320 g/mol. The van der Waals surface area contributed by atoms with Crippen LogP contribution >= 0.6 is 0 Å². The molecule has 0 aliphatic heterocycles. The summed E-state index contributed by atoms with van der Waals surface area (Å²) >= 11 is 0. The zero-order valence-corrected chi connectivity index (χ0v) is 13.4. The maximum absolute atomic E-state index is 12.1. The van der Waals surface area contributed by atoms with Crippen molar-refractivity contribution < 1.29 is 14.7 Å². The van der Waals surface area contributed by atoms with Crippen molar-refractivity contribution in [3.8, 4) is 0 Å². The summed E-state index contributed by atoms with van der Waals surface area (Å²) < 4.78 is 1.72. The van der Waals surface area contributed by atoms with Crippen LogP contribution in [0.2, 0.25) is 0 Å². The van der Waals surface area contributed by atoms with Gasteiger partial charge in [-0.1, -0.05) is 0 Å². The molecule has 2 N–H and O–H groups in total. The molecule has 1 amide bonds. The topological polar surface area (TPSA) is 87.5 Å². The molecule has 0 spiro atoms. The minimum absolute atomic E-state index is 0.0971. The van der Waals surface area contributed by atoms with E-state index in [0.717, 1.165) is 25.9 Å². The zero-order valence-electron chi connectivity index (χ0n) is 13.4. The van der Waals surface area contributed by atoms with E-state index in [1.807, 2.05) is 6.92 Å². The van der Waals surface area contributed by atoms with Gasteiger partial charge in [-0.05, 0) is 38.5 Å². The molecule has 1 aromatic heterocycles. The molecule has 0 radical (unpaired) electrons. The van der Waals surface area contributed by atoms with Crippen LogP contribution in [0.3, 0.4) is 0 Å². The van der Waals surface area contributed by atoms with E-state index < -0.39 is 5.97 Å². The van der Waals surface area contributed by atoms with Gasteiger partial charge in [-0.25, -0.2) is 0 Å². The molecule has 0 aromatic carbocycles. The van der Waals surface area contributed by atoms with E-state index in [9.17, 15) is 9.59 Å². The van der Waals surface area contributed by atoms with Crippen LogP contribution < -0.4 is 5.32 Å². The van der Waals surface area contributed by atoms with E-state index in [0.29, 0.717) is 11.5 Å². The summed E-state index contributed by atoms with van der Waals surface area (Å²) in [5, 5.41) is 16.2. The average Bonchev–Trinajstić information content (AvgIpc) is 3.14. The van der Waals surface area contributed by atoms with Crippen molar-refractivity contribution in [2.24, 2.45) is 5.92 Å². The number of carboxylic acids is 1. The number of hydrogen-bond acceptors (Lipinski definition) is 4. The Balaban J connectivity index is 1.47. The number of aromatic nitrogens is 2. The van der Waals surface area contributed by atoms with Gasteiger partial charge < -0.3 is 10.4 Å². The number of nitrogens with one attached hydrogen (secondary N) is 1. The number of hydrogen-bond donors (Lipinski definition) is 2. The molecule has 7 nitrogen and oxygen atoms in total. The maximum Gasteiger partial charge on any atom is 0.317 e. The van der Waals surface area contributed by atoms with E-state index in [4.69, 9.17) is 5.11 Å². The van der Waals surface area contributed by atoms with Gasteiger partial charge in [0.15, 0.2) is 0 Å². The lowest BCUT2D eigenvalue weighted by atomic mass is 9.85. The number of aliphatic carboxylic acids is 1. The standard InChI is InChI=1S/C16H24N4O3/c1-2-20-9-12(7-17-20)16(23)18-13-5-14(6-13)19(10-15(21)22)8-11-3-4-11/h7,9,11,13-14H,2-6,8,10H2,1H3,(H,18,23)(H,21,22). The van der Waals surface area contributed by atoms with Crippen molar-refractivity contribution in [1.29, 1.82) is 0 Å². The maximum atomic E-state index is 12.1. The smallest absolute Gasteiger partial charge is 0.317 e. The fraction of sp³-hybridized carbons (Fsp3) is 0.688. The third-order valence-electron chi connectivity index (χ3n) is 4.71. The van der Waals surface area contributed by atoms with E-state index in [1.165, 1.54) is 12.8 Å². The first-order chi connectivity index (χ1) is 11.0. The zero-order chi connectivity index (χ0) is 16.4. The van der Waals surface area contributed by atoms with Crippen molar-refractivity contribution in [2.75, 3.05) is 13.1 Å². The Morgan fingerprint density at radius 1 is 1.43 bits per heavy atom. The van der Waals surface area contributed by atoms with E-state index >= 15 is 0 Å². The molecule has 0 saturated heterocycles. The summed E-state index contributed by atoms with van der Waals surface area (Å²) in [5.41, 5.74) is 0.579. The number of aryl methyl sites for hydroxylation is 1. The SMILES string of the molecule is CCn1cc(C(=O)NC2CC(N(CC(=O)O)CC3CC3)C2)cn1. The molecule has 2 aliphatic carbocycles. The van der Waals surface area contributed by atoms with Crippen LogP contribution in [-0.2, 0) is 11.3 Å². The number of carbonyl (C=O) groups is 2. The second kappa shape index (κ2) is 6.70. The highest BCUT2D eigenvalue weighted by Gasteiger charge is 2.37. The summed E-state index contributed by atoms with van der Waals surface area (Å²) in [4.78, 5) is 25.2. The normalized spacial score (nSPS) is 23.6. The highest BCUT2D eigenvalue weighted by molar-refractivity contribution is 5.93. The summed E-state index contributed by atoms with van der Waals surface area (Å²) in [6, 6.07) is 0.406. The molecule has 0 unspecified atom stereocenters. The number of amides is 1. The van der Waals surface area contributed by atoms with Crippen molar-refractivity contribution in [3.05, 3.63) is 18.0 Å². The first kappa shape index (κ1) is 16.0. The van der Waals surface area contributed by atoms with Crippen LogP contribution in [0.1, 0.15) is 43.0 Å². The first-order valence-corrected chi connectivity index (χ1v) is 8.34. The lowest BCUT2D eigenvalue weighted by Crippen LogP contribution is -2.55. The third-order valence-corrected chi connectivity index (χ3v) is 4.71. The first-order valence-electron chi connectivity index (χ1n) is 8.34. The van der Waals surface area contributed by atoms with Crippen molar-refractivity contribution in [2.45, 2.75) is 51.2 Å². The fourth-order valence-corrected chi connectivity index (χ4v) is 3.07. The molecule has 7 heteroatoms. The molecule has 2 fully saturated rings. The summed E-state index contributed by atoms with van der Waals surface area (Å²) in [7, 11) is 0. The summed E-state index contributed by atoms with van der Waals surface area (Å²) in [6.45, 7) is 3.69. The van der Waals surface area contributed by atoms with E-state index in [2.05, 4.69) is 15.3 Å². The lowest BCUT2D eigenvalue weighted by Gasteiger charge is -2.42. The molecular formula is C16H24N4O3. The molecule has 3 rings (SSSR count). The summed E-state index contributed by atoms with van der Waals surface area (Å²) in [6.07, 6.45) is 7.41. The van der Waals surface area contributed by atoms with Gasteiger partial charge in [-0.2, -0.15) is 5.10 Å². The highest BCUT2D eigenvalue weighted by Crippen LogP contribution is 2.33. The molecule has 1 heterocycles. The van der Waals surface area contributed by atoms with E-state index in [-0.39, 0.29) is 24.5 Å². The van der Waals surface area contributed by atoms with Crippen LogP contribution in [0.25, 0.3) is 0 Å². The largest absolute Gasteiger partial charge is 0.480 e. The number of carboxylic acid groups (broad SMARTS) is 1. The lowest BCUT2D eigenvalue weighted by molar-refractivity contribution is -0.139. The minimum Gasteiger partial charge on any atom is -0.480 e. The Hall–Kier alpha value is -1.89. The molecule has 1 aromatic rings. The van der Waals surface area contributed by atoms with Gasteiger partial charge in [0.2, 0.25) is 0 Å².